The van der Waals surface area contributed by atoms with Crippen LogP contribution in [0.5, 0.6) is 5.75 Å². The largest absolute Gasteiger partial charge is 0.541 e. The van der Waals surface area contributed by atoms with Gasteiger partial charge in [-0.1, -0.05) is 18.2 Å². The predicted octanol–water partition coefficient (Wildman–Crippen LogP) is 1.93. The van der Waals surface area contributed by atoms with Crippen LogP contribution < -0.4 is 4.52 Å². The van der Waals surface area contributed by atoms with Gasteiger partial charge in [0.05, 0.1) is 4.95 Å². The minimum atomic E-state index is -4.33. The van der Waals surface area contributed by atoms with Crippen molar-refractivity contribution in [1.29, 1.82) is 0 Å². The number of nitrogens with zero attached hydrogens (tertiary/aromatic N) is 1. The Labute approximate surface area is 68.6 Å². The molecular weight excluding hydrogens is 181 g/mol. The van der Waals surface area contributed by atoms with E-state index < -0.39 is 7.75 Å². The third-order valence-electron chi connectivity index (χ3n) is 1.07. The van der Waals surface area contributed by atoms with Crippen molar-refractivity contribution in [1.82, 2.24) is 0 Å². The molecule has 5 nitrogen and oxygen atoms in total. The normalized spacial score (nSPS) is 14.8. The van der Waals surface area contributed by atoms with Gasteiger partial charge in [-0.2, -0.15) is 0 Å². The molecule has 0 bridgehead atoms. The van der Waals surface area contributed by atoms with Crippen molar-refractivity contribution < 1.29 is 14.0 Å². The van der Waals surface area contributed by atoms with Crippen LogP contribution in [0.1, 0.15) is 0 Å². The molecule has 0 saturated heterocycles. The Hall–Kier alpha value is -1.19. The second-order valence-corrected chi connectivity index (χ2v) is 3.30. The Morgan fingerprint density at radius 2 is 1.92 bits per heavy atom. The predicted molar refractivity (Wildman–Crippen MR) is 42.7 cm³/mol. The second kappa shape index (κ2) is 3.47. The van der Waals surface area contributed by atoms with Crippen LogP contribution in [0.25, 0.3) is 0 Å². The Balaban J connectivity index is 2.77. The quantitative estimate of drug-likeness (QED) is 0.579. The van der Waals surface area contributed by atoms with E-state index in [1.807, 2.05) is 4.95 Å². The second-order valence-electron chi connectivity index (χ2n) is 1.98. The van der Waals surface area contributed by atoms with Crippen molar-refractivity contribution in [2.24, 2.45) is 4.95 Å². The highest BCUT2D eigenvalue weighted by Crippen LogP contribution is 2.43. The number of benzene rings is 1. The number of rotatable bonds is 3. The maximum atomic E-state index is 10.6. The van der Waals surface area contributed by atoms with Crippen molar-refractivity contribution >= 4 is 7.75 Å². The summed E-state index contributed by atoms with van der Waals surface area (Å²) in [5.74, 6) is 0.142. The van der Waals surface area contributed by atoms with Crippen molar-refractivity contribution in [2.45, 2.75) is 0 Å². The summed E-state index contributed by atoms with van der Waals surface area (Å²) in [6.45, 7) is 0. The summed E-state index contributed by atoms with van der Waals surface area (Å²) in [7, 11) is -4.33. The summed E-state index contributed by atoms with van der Waals surface area (Å²) >= 11 is 0. The first-order valence-electron chi connectivity index (χ1n) is 3.06. The summed E-state index contributed by atoms with van der Waals surface area (Å²) < 4.78 is 15.0. The Kier molecular flexibility index (Phi) is 2.58. The van der Waals surface area contributed by atoms with E-state index in [2.05, 4.69) is 4.52 Å². The molecule has 0 amide bonds. The van der Waals surface area contributed by atoms with Gasteiger partial charge in [-0.25, -0.2) is 4.57 Å². The van der Waals surface area contributed by atoms with E-state index in [1.54, 1.807) is 18.2 Å². The molecule has 64 valence electrons. The molecule has 0 heterocycles. The Morgan fingerprint density at radius 1 is 1.33 bits per heavy atom. The molecule has 0 aromatic heterocycles. The van der Waals surface area contributed by atoms with Crippen LogP contribution >= 0.6 is 7.75 Å². The molecule has 1 N–H and O–H groups in total. The summed E-state index contributed by atoms with van der Waals surface area (Å²) in [6, 6.07) is 7.84. The van der Waals surface area contributed by atoms with Gasteiger partial charge in [0.25, 0.3) is 0 Å². The lowest BCUT2D eigenvalue weighted by Gasteiger charge is -2.03. The lowest BCUT2D eigenvalue weighted by Crippen LogP contribution is -1.87. The average Bonchev–Trinajstić information content (AvgIpc) is 2.06. The SMILES string of the molecule is O=NP(=O)(O)Oc1ccccc1. The molecule has 1 atom stereocenters. The summed E-state index contributed by atoms with van der Waals surface area (Å²) in [5, 5.41) is 0. The summed E-state index contributed by atoms with van der Waals surface area (Å²) in [4.78, 5) is 20.3. The van der Waals surface area contributed by atoms with Gasteiger partial charge < -0.3 is 4.52 Å². The van der Waals surface area contributed by atoms with Crippen molar-refractivity contribution in [3.63, 3.8) is 0 Å². The molecule has 0 fully saturated rings. The van der Waals surface area contributed by atoms with E-state index in [1.165, 1.54) is 12.1 Å². The van der Waals surface area contributed by atoms with E-state index in [0.717, 1.165) is 0 Å². The highest BCUT2D eigenvalue weighted by atomic mass is 31.2. The number of nitroso groups, excluding NO2 is 1. The van der Waals surface area contributed by atoms with Gasteiger partial charge in [0, 0.05) is 0 Å². The molecule has 12 heavy (non-hydrogen) atoms. The zero-order valence-corrected chi connectivity index (χ0v) is 6.85. The molecular formula is C6H6NO4P. The minimum Gasteiger partial charge on any atom is -0.406 e. The highest BCUT2D eigenvalue weighted by molar-refractivity contribution is 7.51. The minimum absolute atomic E-state index is 0.142. The number of para-hydroxylation sites is 1. The average molecular weight is 187 g/mol. The molecule has 1 aromatic carbocycles. The van der Waals surface area contributed by atoms with Gasteiger partial charge in [0.15, 0.2) is 0 Å². The zero-order chi connectivity index (χ0) is 9.03. The maximum absolute atomic E-state index is 10.6. The molecule has 0 spiro atoms. The maximum Gasteiger partial charge on any atom is 0.541 e. The molecule has 0 aliphatic heterocycles. The van der Waals surface area contributed by atoms with Crippen LogP contribution in [0.2, 0.25) is 0 Å². The molecule has 0 radical (unpaired) electrons. The summed E-state index contributed by atoms with van der Waals surface area (Å²) in [5.41, 5.74) is 0. The van der Waals surface area contributed by atoms with Gasteiger partial charge >= 0.3 is 7.75 Å². The van der Waals surface area contributed by atoms with E-state index in [9.17, 15) is 9.47 Å². The smallest absolute Gasteiger partial charge is 0.406 e. The first-order chi connectivity index (χ1) is 5.64. The van der Waals surface area contributed by atoms with Gasteiger partial charge in [-0.05, 0) is 12.1 Å². The van der Waals surface area contributed by atoms with Gasteiger partial charge in [0.2, 0.25) is 0 Å². The summed E-state index contributed by atoms with van der Waals surface area (Å²) in [6.07, 6.45) is 0. The van der Waals surface area contributed by atoms with Gasteiger partial charge in [0.1, 0.15) is 5.75 Å². The highest BCUT2D eigenvalue weighted by Gasteiger charge is 2.21. The van der Waals surface area contributed by atoms with Crippen LogP contribution in [-0.4, -0.2) is 4.89 Å². The molecule has 1 rings (SSSR count). The lowest BCUT2D eigenvalue weighted by molar-refractivity contribution is 0.381. The third-order valence-corrected chi connectivity index (χ3v) is 1.73. The van der Waals surface area contributed by atoms with E-state index in [4.69, 9.17) is 4.89 Å². The van der Waals surface area contributed by atoms with Crippen LogP contribution in [-0.2, 0) is 4.57 Å². The van der Waals surface area contributed by atoms with E-state index in [0.29, 0.717) is 0 Å². The van der Waals surface area contributed by atoms with Crippen LogP contribution in [0.4, 0.5) is 0 Å². The molecule has 0 aliphatic carbocycles. The van der Waals surface area contributed by atoms with Gasteiger partial charge in [-0.3, -0.25) is 4.89 Å². The zero-order valence-electron chi connectivity index (χ0n) is 5.95. The molecule has 0 aliphatic rings. The molecule has 1 unspecified atom stereocenters. The van der Waals surface area contributed by atoms with Crippen LogP contribution in [0, 0.1) is 4.91 Å². The number of hydrogen-bond acceptors (Lipinski definition) is 3. The van der Waals surface area contributed by atoms with Crippen LogP contribution in [0.3, 0.4) is 0 Å². The fraction of sp³-hybridized carbons (Fsp3) is 0. The molecule has 0 saturated carbocycles. The fourth-order valence-corrected chi connectivity index (χ4v) is 1.07. The lowest BCUT2D eigenvalue weighted by atomic mass is 10.3. The third kappa shape index (κ3) is 2.45. The van der Waals surface area contributed by atoms with Crippen molar-refractivity contribution in [3.8, 4) is 5.75 Å². The fourth-order valence-electron chi connectivity index (χ4n) is 0.635. The van der Waals surface area contributed by atoms with Crippen molar-refractivity contribution in [3.05, 3.63) is 35.2 Å². The van der Waals surface area contributed by atoms with Gasteiger partial charge in [-0.15, -0.1) is 4.91 Å². The first-order valence-corrected chi connectivity index (χ1v) is 4.59. The topological polar surface area (TPSA) is 76.0 Å². The standard InChI is InChI=1S/C6H6NO4P/c8-7-12(9,10)11-6-4-2-1-3-5-6/h1-5H,(H,9,10). The number of hydrogen-bond donors (Lipinski definition) is 1. The molecule has 1 aromatic rings. The monoisotopic (exact) mass is 187 g/mol. The van der Waals surface area contributed by atoms with Crippen LogP contribution in [0.15, 0.2) is 35.3 Å². The Bertz CT molecular complexity index is 313. The Morgan fingerprint density at radius 3 is 2.42 bits per heavy atom. The van der Waals surface area contributed by atoms with Crippen molar-refractivity contribution in [2.75, 3.05) is 0 Å². The van der Waals surface area contributed by atoms with E-state index in [-0.39, 0.29) is 5.75 Å². The van der Waals surface area contributed by atoms with E-state index >= 15 is 0 Å². The molecule has 6 heteroatoms. The first kappa shape index (κ1) is 8.90.